The van der Waals surface area contributed by atoms with Gasteiger partial charge in [-0.15, -0.1) is 0 Å². The molecule has 3 heteroatoms. The Labute approximate surface area is 96.8 Å². The van der Waals surface area contributed by atoms with Crippen LogP contribution in [-0.4, -0.2) is 19.3 Å². The summed E-state index contributed by atoms with van der Waals surface area (Å²) < 4.78 is 18.6. The summed E-state index contributed by atoms with van der Waals surface area (Å²) in [5.41, 5.74) is 0.715. The zero-order valence-corrected chi connectivity index (χ0v) is 10.0. The Bertz CT molecular complexity index is 302. The lowest BCUT2D eigenvalue weighted by Gasteiger charge is -2.08. The van der Waals surface area contributed by atoms with Crippen LogP contribution in [0.15, 0.2) is 24.3 Å². The number of nitrogens with one attached hydrogen (secondary N) is 1. The Morgan fingerprint density at radius 3 is 2.75 bits per heavy atom. The maximum absolute atomic E-state index is 13.2. The van der Waals surface area contributed by atoms with Crippen LogP contribution in [0.1, 0.15) is 25.8 Å². The Morgan fingerprint density at radius 1 is 1.31 bits per heavy atom. The van der Waals surface area contributed by atoms with E-state index in [9.17, 15) is 4.39 Å². The Hall–Kier alpha value is -0.930. The molecule has 1 N–H and O–H groups in total. The smallest absolute Gasteiger partial charge is 0.127 e. The van der Waals surface area contributed by atoms with Crippen molar-refractivity contribution in [1.82, 2.24) is 5.32 Å². The van der Waals surface area contributed by atoms with Crippen LogP contribution in [-0.2, 0) is 11.3 Å². The largest absolute Gasteiger partial charge is 0.379 e. The molecule has 0 fully saturated rings. The van der Waals surface area contributed by atoms with Crippen molar-refractivity contribution in [2.45, 2.75) is 32.9 Å². The molecule has 0 aliphatic heterocycles. The maximum atomic E-state index is 13.2. The summed E-state index contributed by atoms with van der Waals surface area (Å²) in [7, 11) is 0. The molecular formula is C13H20FNO. The number of benzene rings is 1. The molecule has 0 spiro atoms. The molecule has 0 unspecified atom stereocenters. The summed E-state index contributed by atoms with van der Waals surface area (Å²) in [6.45, 7) is 6.22. The molecule has 0 heterocycles. The molecule has 0 aliphatic carbocycles. The first-order chi connectivity index (χ1) is 7.70. The van der Waals surface area contributed by atoms with Crippen LogP contribution < -0.4 is 5.32 Å². The molecule has 0 bridgehead atoms. The van der Waals surface area contributed by atoms with Crippen molar-refractivity contribution in [3.8, 4) is 0 Å². The fourth-order valence-electron chi connectivity index (χ4n) is 1.38. The fourth-order valence-corrected chi connectivity index (χ4v) is 1.38. The number of ether oxygens (including phenoxy) is 1. The summed E-state index contributed by atoms with van der Waals surface area (Å²) in [5, 5.41) is 3.20. The molecular weight excluding hydrogens is 205 g/mol. The number of hydrogen-bond acceptors (Lipinski definition) is 2. The molecule has 0 saturated heterocycles. The van der Waals surface area contributed by atoms with Crippen LogP contribution >= 0.6 is 0 Å². The molecule has 2 nitrogen and oxygen atoms in total. The normalized spacial score (nSPS) is 11.0. The lowest BCUT2D eigenvalue weighted by atomic mass is 10.2. The van der Waals surface area contributed by atoms with Gasteiger partial charge in [-0.2, -0.15) is 0 Å². The van der Waals surface area contributed by atoms with E-state index in [1.807, 2.05) is 19.9 Å². The summed E-state index contributed by atoms with van der Waals surface area (Å²) in [4.78, 5) is 0. The standard InChI is InChI=1S/C13H20FNO/c1-11(2)16-9-5-8-15-10-12-6-3-4-7-13(12)14/h3-4,6-7,11,15H,5,8-10H2,1-2H3. The number of halogens is 1. The topological polar surface area (TPSA) is 21.3 Å². The lowest BCUT2D eigenvalue weighted by molar-refractivity contribution is 0.0770. The highest BCUT2D eigenvalue weighted by atomic mass is 19.1. The van der Waals surface area contributed by atoms with Crippen molar-refractivity contribution in [2.75, 3.05) is 13.2 Å². The van der Waals surface area contributed by atoms with Gasteiger partial charge >= 0.3 is 0 Å². The predicted molar refractivity (Wildman–Crippen MR) is 63.8 cm³/mol. The van der Waals surface area contributed by atoms with Gasteiger partial charge in [-0.3, -0.25) is 0 Å². The van der Waals surface area contributed by atoms with E-state index in [2.05, 4.69) is 5.32 Å². The summed E-state index contributed by atoms with van der Waals surface area (Å²) >= 11 is 0. The second-order valence-corrected chi connectivity index (χ2v) is 4.04. The molecule has 0 atom stereocenters. The second-order valence-electron chi connectivity index (χ2n) is 4.04. The second kappa shape index (κ2) is 7.36. The van der Waals surface area contributed by atoms with Gasteiger partial charge in [0, 0.05) is 18.7 Å². The van der Waals surface area contributed by atoms with Gasteiger partial charge in [0.1, 0.15) is 5.82 Å². The van der Waals surface area contributed by atoms with Gasteiger partial charge in [0.15, 0.2) is 0 Å². The minimum absolute atomic E-state index is 0.145. The lowest BCUT2D eigenvalue weighted by Crippen LogP contribution is -2.18. The van der Waals surface area contributed by atoms with E-state index in [1.54, 1.807) is 12.1 Å². The van der Waals surface area contributed by atoms with Gasteiger partial charge in [-0.05, 0) is 32.9 Å². The van der Waals surface area contributed by atoms with Crippen molar-refractivity contribution in [3.63, 3.8) is 0 Å². The number of rotatable bonds is 7. The van der Waals surface area contributed by atoms with Gasteiger partial charge in [0.25, 0.3) is 0 Å². The quantitative estimate of drug-likeness (QED) is 0.720. The molecule has 0 amide bonds. The van der Waals surface area contributed by atoms with Gasteiger partial charge in [0.05, 0.1) is 6.10 Å². The highest BCUT2D eigenvalue weighted by molar-refractivity contribution is 5.16. The summed E-state index contributed by atoms with van der Waals surface area (Å²) in [6.07, 6.45) is 1.23. The van der Waals surface area contributed by atoms with E-state index in [0.717, 1.165) is 19.6 Å². The maximum Gasteiger partial charge on any atom is 0.127 e. The van der Waals surface area contributed by atoms with Crippen LogP contribution in [0.3, 0.4) is 0 Å². The molecule has 0 aromatic heterocycles. The Balaban J connectivity index is 2.10. The average molecular weight is 225 g/mol. The van der Waals surface area contributed by atoms with Crippen molar-refractivity contribution in [3.05, 3.63) is 35.6 Å². The van der Waals surface area contributed by atoms with Crippen LogP contribution in [0.25, 0.3) is 0 Å². The molecule has 0 saturated carbocycles. The molecule has 1 aromatic carbocycles. The first kappa shape index (κ1) is 13.1. The van der Waals surface area contributed by atoms with E-state index in [1.165, 1.54) is 6.07 Å². The average Bonchev–Trinajstić information content (AvgIpc) is 2.25. The number of hydrogen-bond donors (Lipinski definition) is 1. The fraction of sp³-hybridized carbons (Fsp3) is 0.538. The first-order valence-corrected chi connectivity index (χ1v) is 5.76. The van der Waals surface area contributed by atoms with Crippen LogP contribution in [0.5, 0.6) is 0 Å². The zero-order valence-electron chi connectivity index (χ0n) is 10.0. The van der Waals surface area contributed by atoms with Crippen LogP contribution in [0, 0.1) is 5.82 Å². The van der Waals surface area contributed by atoms with Gasteiger partial charge < -0.3 is 10.1 Å². The predicted octanol–water partition coefficient (Wildman–Crippen LogP) is 2.73. The minimum atomic E-state index is -0.145. The highest BCUT2D eigenvalue weighted by Crippen LogP contribution is 2.05. The third-order valence-corrected chi connectivity index (χ3v) is 2.22. The monoisotopic (exact) mass is 225 g/mol. The molecule has 1 rings (SSSR count). The van der Waals surface area contributed by atoms with Crippen molar-refractivity contribution in [2.24, 2.45) is 0 Å². The third kappa shape index (κ3) is 5.24. The molecule has 0 radical (unpaired) electrons. The van der Waals surface area contributed by atoms with Crippen LogP contribution in [0.2, 0.25) is 0 Å². The SMILES string of the molecule is CC(C)OCCCNCc1ccccc1F. The third-order valence-electron chi connectivity index (χ3n) is 2.22. The van der Waals surface area contributed by atoms with E-state index in [0.29, 0.717) is 12.1 Å². The van der Waals surface area contributed by atoms with Crippen molar-refractivity contribution in [1.29, 1.82) is 0 Å². The zero-order chi connectivity index (χ0) is 11.8. The summed E-state index contributed by atoms with van der Waals surface area (Å²) in [6, 6.07) is 6.84. The Morgan fingerprint density at radius 2 is 2.06 bits per heavy atom. The van der Waals surface area contributed by atoms with Gasteiger partial charge in [0.2, 0.25) is 0 Å². The first-order valence-electron chi connectivity index (χ1n) is 5.76. The molecule has 90 valence electrons. The van der Waals surface area contributed by atoms with E-state index in [4.69, 9.17) is 4.74 Å². The van der Waals surface area contributed by atoms with Crippen molar-refractivity contribution < 1.29 is 9.13 Å². The molecule has 16 heavy (non-hydrogen) atoms. The minimum Gasteiger partial charge on any atom is -0.379 e. The van der Waals surface area contributed by atoms with Gasteiger partial charge in [-0.25, -0.2) is 4.39 Å². The van der Waals surface area contributed by atoms with Crippen LogP contribution in [0.4, 0.5) is 4.39 Å². The molecule has 0 aliphatic rings. The van der Waals surface area contributed by atoms with E-state index < -0.39 is 0 Å². The van der Waals surface area contributed by atoms with E-state index >= 15 is 0 Å². The van der Waals surface area contributed by atoms with Crippen molar-refractivity contribution >= 4 is 0 Å². The molecule has 1 aromatic rings. The van der Waals surface area contributed by atoms with E-state index in [-0.39, 0.29) is 11.9 Å². The van der Waals surface area contributed by atoms with Gasteiger partial charge in [-0.1, -0.05) is 18.2 Å². The Kier molecular flexibility index (Phi) is 6.04. The highest BCUT2D eigenvalue weighted by Gasteiger charge is 1.99. The summed E-state index contributed by atoms with van der Waals surface area (Å²) in [5.74, 6) is -0.145.